The number of nitrogens with zero attached hydrogens (tertiary/aromatic N) is 6. The Labute approximate surface area is 296 Å². The molecule has 0 aliphatic heterocycles. The van der Waals surface area contributed by atoms with Gasteiger partial charge in [0, 0.05) is 0 Å². The number of aliphatic hydroxyl groups is 1. The number of imidazole rings is 3. The number of para-hydroxylation sites is 6. The molecule has 51 heavy (non-hydrogen) atoms. The van der Waals surface area contributed by atoms with Crippen LogP contribution in [0, 0.1) is 6.92 Å². The molecule has 0 radical (unpaired) electrons. The van der Waals surface area contributed by atoms with E-state index in [2.05, 4.69) is 15.0 Å². The summed E-state index contributed by atoms with van der Waals surface area (Å²) in [5.74, 6) is 0.922. The van der Waals surface area contributed by atoms with E-state index in [0.29, 0.717) is 16.9 Å². The maximum absolute atomic E-state index is 12.1. The highest BCUT2D eigenvalue weighted by atomic mass is 16.6. The van der Waals surface area contributed by atoms with Gasteiger partial charge in [-0.05, 0) is 106 Å². The van der Waals surface area contributed by atoms with E-state index < -0.39 is 29.0 Å². The van der Waals surface area contributed by atoms with Gasteiger partial charge in [-0.15, -0.1) is 0 Å². The quantitative estimate of drug-likeness (QED) is 0.166. The van der Waals surface area contributed by atoms with Crippen LogP contribution >= 0.6 is 0 Å². The Morgan fingerprint density at radius 2 is 1.00 bits per heavy atom. The van der Waals surface area contributed by atoms with E-state index in [0.717, 1.165) is 22.1 Å². The fourth-order valence-corrected chi connectivity index (χ4v) is 4.79. The van der Waals surface area contributed by atoms with Crippen LogP contribution in [-0.2, 0) is 20.8 Å². The third kappa shape index (κ3) is 10.0. The number of aryl methyl sites for hydroxylation is 1. The van der Waals surface area contributed by atoms with Crippen molar-refractivity contribution in [3.8, 4) is 0 Å². The lowest BCUT2D eigenvalue weighted by atomic mass is 10.2. The van der Waals surface area contributed by atoms with Crippen LogP contribution in [0.25, 0.3) is 33.1 Å². The van der Waals surface area contributed by atoms with Gasteiger partial charge in [0.05, 0.1) is 33.1 Å². The van der Waals surface area contributed by atoms with Crippen molar-refractivity contribution in [3.05, 3.63) is 90.8 Å². The van der Waals surface area contributed by atoms with Gasteiger partial charge in [0.25, 0.3) is 0 Å². The van der Waals surface area contributed by atoms with Crippen LogP contribution in [0.5, 0.6) is 0 Å². The second-order valence-electron chi connectivity index (χ2n) is 14.5. The van der Waals surface area contributed by atoms with Crippen LogP contribution in [0.15, 0.2) is 79.1 Å². The van der Waals surface area contributed by atoms with Crippen molar-refractivity contribution in [3.63, 3.8) is 0 Å². The van der Waals surface area contributed by atoms with E-state index >= 15 is 0 Å². The minimum absolute atomic E-state index is 0.283. The normalized spacial score (nSPS) is 11.7. The van der Waals surface area contributed by atoms with E-state index in [1.807, 2.05) is 102 Å². The van der Waals surface area contributed by atoms with Crippen LogP contribution in [0.2, 0.25) is 0 Å². The lowest BCUT2D eigenvalue weighted by Gasteiger charge is -2.20. The zero-order chi connectivity index (χ0) is 37.7. The molecule has 0 saturated heterocycles. The zero-order valence-corrected chi connectivity index (χ0v) is 30.8. The number of rotatable bonds is 1. The number of hydrogen-bond acceptors (Lipinski definition) is 10. The highest BCUT2D eigenvalue weighted by molar-refractivity contribution is 5.89. The van der Waals surface area contributed by atoms with Crippen molar-refractivity contribution in [2.75, 3.05) is 0 Å². The van der Waals surface area contributed by atoms with Gasteiger partial charge in [-0.1, -0.05) is 36.4 Å². The summed E-state index contributed by atoms with van der Waals surface area (Å²) in [4.78, 5) is 48.7. The Kier molecular flexibility index (Phi) is 11.3. The summed E-state index contributed by atoms with van der Waals surface area (Å²) in [5.41, 5.74) is 2.83. The average molecular weight is 699 g/mol. The van der Waals surface area contributed by atoms with Crippen molar-refractivity contribution in [1.29, 1.82) is 0 Å². The fourth-order valence-electron chi connectivity index (χ4n) is 4.79. The topological polar surface area (TPSA) is 153 Å². The first kappa shape index (κ1) is 38.2. The Hall–Kier alpha value is -5.56. The number of carbonyl (C=O) groups is 3. The average Bonchev–Trinajstić information content (AvgIpc) is 3.71. The molecule has 270 valence electrons. The standard InChI is InChI=1S/C13H16N2O3.C13H16N2O2.C12H14N2O2/c1-13(2,3)18-12(17)15-10-7-5-4-6-9(10)14-11(15)8-16;1-9-14-10-7-5-6-8-11(10)15(9)12(16)17-13(2,3)4;1-12(2,3)16-11(15)14-8-13-9-6-4-5-7-10(9)14/h4-7,16H,8H2,1-3H3;5-8H,1-4H3;4-8H,1-3H3. The van der Waals surface area contributed by atoms with E-state index in [1.165, 1.54) is 20.0 Å². The second kappa shape index (κ2) is 15.1. The van der Waals surface area contributed by atoms with Gasteiger partial charge in [0.1, 0.15) is 41.4 Å². The molecule has 13 heteroatoms. The molecule has 3 heterocycles. The molecule has 0 aliphatic carbocycles. The van der Waals surface area contributed by atoms with Crippen LogP contribution in [0.4, 0.5) is 14.4 Å². The number of carbonyl (C=O) groups excluding carboxylic acids is 3. The first-order valence-corrected chi connectivity index (χ1v) is 16.4. The minimum atomic E-state index is -0.588. The van der Waals surface area contributed by atoms with Crippen molar-refractivity contribution >= 4 is 51.4 Å². The Bertz CT molecular complexity index is 2160. The molecule has 0 saturated carbocycles. The van der Waals surface area contributed by atoms with Gasteiger partial charge < -0.3 is 19.3 Å². The minimum Gasteiger partial charge on any atom is -0.443 e. The number of benzene rings is 3. The van der Waals surface area contributed by atoms with Crippen LogP contribution < -0.4 is 0 Å². The van der Waals surface area contributed by atoms with Crippen molar-refractivity contribution in [1.82, 2.24) is 28.7 Å². The maximum Gasteiger partial charge on any atom is 0.420 e. The summed E-state index contributed by atoms with van der Waals surface area (Å²) in [6.45, 7) is 17.9. The molecule has 6 rings (SSSR count). The maximum atomic E-state index is 12.1. The zero-order valence-electron chi connectivity index (χ0n) is 30.8. The van der Waals surface area contributed by atoms with E-state index in [4.69, 9.17) is 14.2 Å². The van der Waals surface area contributed by atoms with Crippen molar-refractivity contribution in [2.45, 2.75) is 92.6 Å². The van der Waals surface area contributed by atoms with Crippen LogP contribution in [-0.4, -0.2) is 68.8 Å². The summed E-state index contributed by atoms with van der Waals surface area (Å²) in [6, 6.07) is 22.2. The summed E-state index contributed by atoms with van der Waals surface area (Å²) in [6.07, 6.45) is 0.170. The smallest absolute Gasteiger partial charge is 0.420 e. The van der Waals surface area contributed by atoms with E-state index in [1.54, 1.807) is 39.8 Å². The fraction of sp³-hybridized carbons (Fsp3) is 0.368. The Morgan fingerprint density at radius 3 is 1.51 bits per heavy atom. The molecule has 0 unspecified atom stereocenters. The molecule has 0 amide bonds. The largest absolute Gasteiger partial charge is 0.443 e. The molecule has 13 nitrogen and oxygen atoms in total. The summed E-state index contributed by atoms with van der Waals surface area (Å²) < 4.78 is 20.2. The molecule has 0 spiro atoms. The van der Waals surface area contributed by atoms with Gasteiger partial charge in [-0.25, -0.2) is 43.0 Å². The second-order valence-corrected chi connectivity index (χ2v) is 14.5. The number of aromatic nitrogens is 6. The lowest BCUT2D eigenvalue weighted by Crippen LogP contribution is -2.28. The van der Waals surface area contributed by atoms with Crippen LogP contribution in [0.3, 0.4) is 0 Å². The van der Waals surface area contributed by atoms with Crippen molar-refractivity contribution in [2.24, 2.45) is 0 Å². The lowest BCUT2D eigenvalue weighted by molar-refractivity contribution is 0.0523. The molecule has 3 aromatic carbocycles. The van der Waals surface area contributed by atoms with Gasteiger partial charge in [-0.3, -0.25) is 0 Å². The summed E-state index contributed by atoms with van der Waals surface area (Å²) in [7, 11) is 0. The predicted octanol–water partition coefficient (Wildman–Crippen LogP) is 8.26. The monoisotopic (exact) mass is 698 g/mol. The number of aliphatic hydroxyl groups excluding tert-OH is 1. The molecule has 3 aromatic heterocycles. The summed E-state index contributed by atoms with van der Waals surface area (Å²) >= 11 is 0. The molecule has 6 aromatic rings. The highest BCUT2D eigenvalue weighted by Gasteiger charge is 2.23. The molecule has 0 fully saturated rings. The van der Waals surface area contributed by atoms with Gasteiger partial charge in [0.2, 0.25) is 0 Å². The molecule has 0 bridgehead atoms. The van der Waals surface area contributed by atoms with Crippen molar-refractivity contribution < 1.29 is 33.7 Å². The van der Waals surface area contributed by atoms with Gasteiger partial charge in [-0.2, -0.15) is 0 Å². The molecule has 0 aliphatic rings. The third-order valence-corrected chi connectivity index (χ3v) is 6.70. The van der Waals surface area contributed by atoms with E-state index in [-0.39, 0.29) is 18.5 Å². The first-order chi connectivity index (χ1) is 23.8. The number of fused-ring (bicyclic) bond motifs is 3. The first-order valence-electron chi connectivity index (χ1n) is 16.4. The third-order valence-electron chi connectivity index (χ3n) is 6.70. The number of hydrogen-bond donors (Lipinski definition) is 1. The Balaban J connectivity index is 0.000000172. The Morgan fingerprint density at radius 1 is 0.588 bits per heavy atom. The molecule has 1 N–H and O–H groups in total. The molecular weight excluding hydrogens is 652 g/mol. The number of ether oxygens (including phenoxy) is 3. The van der Waals surface area contributed by atoms with Gasteiger partial charge in [0.15, 0.2) is 0 Å². The summed E-state index contributed by atoms with van der Waals surface area (Å²) in [5, 5.41) is 9.28. The highest BCUT2D eigenvalue weighted by Crippen LogP contribution is 2.20. The van der Waals surface area contributed by atoms with Gasteiger partial charge >= 0.3 is 18.3 Å². The molecular formula is C38H46N6O7. The SMILES string of the molecule is CC(C)(C)OC(=O)n1c(CO)nc2ccccc21.CC(C)(C)OC(=O)n1cnc2ccccc21.Cc1nc2ccccc2n1C(=O)OC(C)(C)C. The van der Waals surface area contributed by atoms with Crippen LogP contribution in [0.1, 0.15) is 74.0 Å². The predicted molar refractivity (Wildman–Crippen MR) is 195 cm³/mol. The molecule has 0 atom stereocenters. The van der Waals surface area contributed by atoms with E-state index in [9.17, 15) is 19.5 Å².